The second-order valence-corrected chi connectivity index (χ2v) is 3.83. The minimum Gasteiger partial charge on any atom is -0.292 e. The second kappa shape index (κ2) is 4.26. The number of benzene rings is 1. The van der Waals surface area contributed by atoms with Gasteiger partial charge in [0.1, 0.15) is 5.69 Å². The Balaban J connectivity index is 2.14. The first-order valence-electron chi connectivity index (χ1n) is 5.10. The number of aryl methyl sites for hydroxylation is 2. The highest BCUT2D eigenvalue weighted by molar-refractivity contribution is 5.95. The van der Waals surface area contributed by atoms with Crippen LogP contribution in [0.2, 0.25) is 0 Å². The Morgan fingerprint density at radius 3 is 2.56 bits per heavy atom. The van der Waals surface area contributed by atoms with E-state index in [0.717, 1.165) is 5.56 Å². The van der Waals surface area contributed by atoms with E-state index in [-0.39, 0.29) is 5.78 Å². The molecule has 1 aromatic heterocycles. The van der Waals surface area contributed by atoms with Crippen LogP contribution >= 0.6 is 0 Å². The van der Waals surface area contributed by atoms with Crippen LogP contribution in [-0.2, 0) is 13.5 Å². The summed E-state index contributed by atoms with van der Waals surface area (Å²) in [5, 5.41) is 7.43. The summed E-state index contributed by atoms with van der Waals surface area (Å²) in [5.74, 6) is 0.0383. The number of rotatable bonds is 3. The molecule has 82 valence electrons. The molecule has 0 atom stereocenters. The quantitative estimate of drug-likeness (QED) is 0.730. The fourth-order valence-corrected chi connectivity index (χ4v) is 1.52. The molecule has 0 amide bonds. The van der Waals surface area contributed by atoms with Gasteiger partial charge in [-0.3, -0.25) is 4.79 Å². The van der Waals surface area contributed by atoms with Crippen LogP contribution in [0.25, 0.3) is 0 Å². The Hall–Kier alpha value is -1.97. The molecule has 0 aliphatic rings. The van der Waals surface area contributed by atoms with E-state index in [1.807, 2.05) is 31.2 Å². The molecule has 1 aromatic carbocycles. The van der Waals surface area contributed by atoms with Gasteiger partial charge in [0.05, 0.1) is 6.20 Å². The average molecular weight is 215 g/mol. The Labute approximate surface area is 93.9 Å². The minimum absolute atomic E-state index is 0.0383. The highest BCUT2D eigenvalue weighted by atomic mass is 16.1. The molecule has 0 radical (unpaired) electrons. The first-order chi connectivity index (χ1) is 7.66. The van der Waals surface area contributed by atoms with Crippen molar-refractivity contribution in [2.45, 2.75) is 13.3 Å². The van der Waals surface area contributed by atoms with Crippen LogP contribution in [0.15, 0.2) is 30.5 Å². The van der Waals surface area contributed by atoms with Crippen molar-refractivity contribution in [2.24, 2.45) is 7.05 Å². The van der Waals surface area contributed by atoms with Crippen LogP contribution in [0.4, 0.5) is 0 Å². The summed E-state index contributed by atoms with van der Waals surface area (Å²) in [4.78, 5) is 11.9. The summed E-state index contributed by atoms with van der Waals surface area (Å²) in [6, 6.07) is 7.95. The van der Waals surface area contributed by atoms with Crippen molar-refractivity contribution in [1.29, 1.82) is 0 Å². The lowest BCUT2D eigenvalue weighted by molar-refractivity contribution is 0.0984. The molecule has 0 saturated carbocycles. The van der Waals surface area contributed by atoms with Gasteiger partial charge in [0.25, 0.3) is 0 Å². The monoisotopic (exact) mass is 215 g/mol. The highest BCUT2D eigenvalue weighted by Crippen LogP contribution is 2.07. The first kappa shape index (κ1) is 10.5. The van der Waals surface area contributed by atoms with Crippen molar-refractivity contribution in [3.8, 4) is 0 Å². The molecular formula is C12H13N3O. The van der Waals surface area contributed by atoms with Gasteiger partial charge >= 0.3 is 0 Å². The van der Waals surface area contributed by atoms with E-state index in [1.165, 1.54) is 16.4 Å². The SMILES string of the molecule is Cc1ccc(CC(=O)c2cnnn2C)cc1. The maximum absolute atomic E-state index is 11.9. The molecule has 2 rings (SSSR count). The zero-order valence-electron chi connectivity index (χ0n) is 9.34. The molecule has 16 heavy (non-hydrogen) atoms. The van der Waals surface area contributed by atoms with Gasteiger partial charge in [-0.1, -0.05) is 35.0 Å². The predicted octanol–water partition coefficient (Wildman–Crippen LogP) is 1.55. The lowest BCUT2D eigenvalue weighted by atomic mass is 10.1. The third-order valence-electron chi connectivity index (χ3n) is 2.49. The number of hydrogen-bond acceptors (Lipinski definition) is 3. The topological polar surface area (TPSA) is 47.8 Å². The number of hydrogen-bond donors (Lipinski definition) is 0. The van der Waals surface area contributed by atoms with Crippen molar-refractivity contribution in [1.82, 2.24) is 15.0 Å². The fourth-order valence-electron chi connectivity index (χ4n) is 1.52. The van der Waals surface area contributed by atoms with Crippen LogP contribution in [-0.4, -0.2) is 20.8 Å². The van der Waals surface area contributed by atoms with E-state index in [9.17, 15) is 4.79 Å². The Kier molecular flexibility index (Phi) is 2.81. The molecule has 0 spiro atoms. The third-order valence-corrected chi connectivity index (χ3v) is 2.49. The van der Waals surface area contributed by atoms with Gasteiger partial charge < -0.3 is 0 Å². The summed E-state index contributed by atoms with van der Waals surface area (Å²) in [7, 11) is 1.72. The summed E-state index contributed by atoms with van der Waals surface area (Å²) in [6.07, 6.45) is 1.89. The number of aromatic nitrogens is 3. The molecule has 1 heterocycles. The average Bonchev–Trinajstić information content (AvgIpc) is 2.68. The Morgan fingerprint density at radius 2 is 2.00 bits per heavy atom. The summed E-state index contributed by atoms with van der Waals surface area (Å²) < 4.78 is 1.50. The normalized spacial score (nSPS) is 10.4. The number of carbonyl (C=O) groups excluding carboxylic acids is 1. The highest BCUT2D eigenvalue weighted by Gasteiger charge is 2.11. The lowest BCUT2D eigenvalue weighted by Gasteiger charge is -2.01. The van der Waals surface area contributed by atoms with E-state index in [2.05, 4.69) is 10.3 Å². The van der Waals surface area contributed by atoms with E-state index in [1.54, 1.807) is 7.05 Å². The molecule has 0 fully saturated rings. The molecule has 0 aliphatic carbocycles. The van der Waals surface area contributed by atoms with Gasteiger partial charge in [-0.15, -0.1) is 5.10 Å². The second-order valence-electron chi connectivity index (χ2n) is 3.83. The molecular weight excluding hydrogens is 202 g/mol. The summed E-state index contributed by atoms with van der Waals surface area (Å²) >= 11 is 0. The molecule has 0 saturated heterocycles. The molecule has 4 heteroatoms. The standard InChI is InChI=1S/C12H13N3O/c1-9-3-5-10(6-4-9)7-12(16)11-8-13-14-15(11)2/h3-6,8H,7H2,1-2H3. The van der Waals surface area contributed by atoms with E-state index in [4.69, 9.17) is 0 Å². The third kappa shape index (κ3) is 2.16. The van der Waals surface area contributed by atoms with Gasteiger partial charge in [-0.2, -0.15) is 0 Å². The fraction of sp³-hybridized carbons (Fsp3) is 0.250. The van der Waals surface area contributed by atoms with Crippen molar-refractivity contribution in [3.63, 3.8) is 0 Å². The Bertz CT molecular complexity index is 499. The number of Topliss-reactive ketones (excluding diaryl/α,β-unsaturated/α-hetero) is 1. The summed E-state index contributed by atoms with van der Waals surface area (Å²) in [5.41, 5.74) is 2.75. The van der Waals surface area contributed by atoms with Gasteiger partial charge in [-0.05, 0) is 12.5 Å². The molecule has 0 bridgehead atoms. The molecule has 0 aliphatic heterocycles. The molecule has 0 unspecified atom stereocenters. The van der Waals surface area contributed by atoms with E-state index >= 15 is 0 Å². The van der Waals surface area contributed by atoms with Crippen LogP contribution in [0.5, 0.6) is 0 Å². The van der Waals surface area contributed by atoms with Gasteiger partial charge in [0, 0.05) is 13.5 Å². The minimum atomic E-state index is 0.0383. The van der Waals surface area contributed by atoms with Crippen molar-refractivity contribution in [2.75, 3.05) is 0 Å². The number of nitrogens with zero attached hydrogens (tertiary/aromatic N) is 3. The lowest BCUT2D eigenvalue weighted by Crippen LogP contribution is -2.09. The zero-order valence-corrected chi connectivity index (χ0v) is 9.34. The van der Waals surface area contributed by atoms with Crippen LogP contribution in [0.1, 0.15) is 21.6 Å². The largest absolute Gasteiger partial charge is 0.292 e. The van der Waals surface area contributed by atoms with Crippen LogP contribution < -0.4 is 0 Å². The number of ketones is 1. The first-order valence-corrected chi connectivity index (χ1v) is 5.10. The van der Waals surface area contributed by atoms with Crippen LogP contribution in [0, 0.1) is 6.92 Å². The van der Waals surface area contributed by atoms with Crippen molar-refractivity contribution >= 4 is 5.78 Å². The smallest absolute Gasteiger partial charge is 0.186 e. The molecule has 2 aromatic rings. The van der Waals surface area contributed by atoms with Gasteiger partial charge in [0.2, 0.25) is 0 Å². The van der Waals surface area contributed by atoms with Crippen molar-refractivity contribution < 1.29 is 4.79 Å². The maximum Gasteiger partial charge on any atom is 0.186 e. The molecule has 0 N–H and O–H groups in total. The van der Waals surface area contributed by atoms with Crippen molar-refractivity contribution in [3.05, 3.63) is 47.3 Å². The number of carbonyl (C=O) groups is 1. The summed E-state index contributed by atoms with van der Waals surface area (Å²) in [6.45, 7) is 2.02. The van der Waals surface area contributed by atoms with E-state index < -0.39 is 0 Å². The zero-order chi connectivity index (χ0) is 11.5. The Morgan fingerprint density at radius 1 is 1.31 bits per heavy atom. The maximum atomic E-state index is 11.9. The predicted molar refractivity (Wildman–Crippen MR) is 60.2 cm³/mol. The van der Waals surface area contributed by atoms with Crippen LogP contribution in [0.3, 0.4) is 0 Å². The van der Waals surface area contributed by atoms with Gasteiger partial charge in [-0.25, -0.2) is 4.68 Å². The van der Waals surface area contributed by atoms with Gasteiger partial charge in [0.15, 0.2) is 5.78 Å². The van der Waals surface area contributed by atoms with E-state index in [0.29, 0.717) is 12.1 Å². The molecule has 4 nitrogen and oxygen atoms in total.